The molecule has 0 saturated heterocycles. The second-order valence-electron chi connectivity index (χ2n) is 5.17. The summed E-state index contributed by atoms with van der Waals surface area (Å²) in [5.41, 5.74) is 1.49. The SMILES string of the molecule is Cc1ccccc1C(C1CCC(=O)CC1)S(=O)(=O)O. The van der Waals surface area contributed by atoms with Crippen molar-refractivity contribution in [2.24, 2.45) is 5.92 Å². The minimum Gasteiger partial charge on any atom is -0.300 e. The molecule has 1 fully saturated rings. The van der Waals surface area contributed by atoms with Crippen molar-refractivity contribution in [2.75, 3.05) is 0 Å². The highest BCUT2D eigenvalue weighted by Gasteiger charge is 2.36. The molecule has 2 rings (SSSR count). The van der Waals surface area contributed by atoms with Crippen LogP contribution < -0.4 is 0 Å². The molecule has 0 aromatic heterocycles. The number of rotatable bonds is 3. The van der Waals surface area contributed by atoms with Crippen LogP contribution in [0.5, 0.6) is 0 Å². The molecule has 5 heteroatoms. The Bertz CT molecular complexity index is 567. The van der Waals surface area contributed by atoms with Gasteiger partial charge in [0.1, 0.15) is 11.0 Å². The Morgan fingerprint density at radius 2 is 1.79 bits per heavy atom. The van der Waals surface area contributed by atoms with E-state index < -0.39 is 15.4 Å². The van der Waals surface area contributed by atoms with Crippen molar-refractivity contribution in [1.29, 1.82) is 0 Å². The van der Waals surface area contributed by atoms with E-state index in [0.717, 1.165) is 5.56 Å². The number of benzene rings is 1. The van der Waals surface area contributed by atoms with Crippen molar-refractivity contribution >= 4 is 15.9 Å². The van der Waals surface area contributed by atoms with Gasteiger partial charge in [-0.2, -0.15) is 8.42 Å². The molecule has 4 nitrogen and oxygen atoms in total. The fourth-order valence-corrected chi connectivity index (χ4v) is 4.17. The highest BCUT2D eigenvalue weighted by atomic mass is 32.2. The van der Waals surface area contributed by atoms with Gasteiger partial charge in [0.15, 0.2) is 0 Å². The first-order valence-corrected chi connectivity index (χ1v) is 7.93. The van der Waals surface area contributed by atoms with Gasteiger partial charge in [-0.1, -0.05) is 24.3 Å². The van der Waals surface area contributed by atoms with Gasteiger partial charge in [0.25, 0.3) is 10.1 Å². The van der Waals surface area contributed by atoms with E-state index in [-0.39, 0.29) is 11.7 Å². The molecule has 0 radical (unpaired) electrons. The summed E-state index contributed by atoms with van der Waals surface area (Å²) in [7, 11) is -4.17. The highest BCUT2D eigenvalue weighted by Crippen LogP contribution is 2.39. The van der Waals surface area contributed by atoms with Gasteiger partial charge in [-0.3, -0.25) is 9.35 Å². The average Bonchev–Trinajstić information content (AvgIpc) is 2.33. The maximum absolute atomic E-state index is 11.7. The van der Waals surface area contributed by atoms with Gasteiger partial charge in [0.05, 0.1) is 0 Å². The Hall–Kier alpha value is -1.20. The molecule has 104 valence electrons. The third-order valence-electron chi connectivity index (χ3n) is 3.83. The molecule has 1 aliphatic carbocycles. The fraction of sp³-hybridized carbons (Fsp3) is 0.500. The van der Waals surface area contributed by atoms with Crippen LogP contribution in [0.2, 0.25) is 0 Å². The number of hydrogen-bond donors (Lipinski definition) is 1. The number of ketones is 1. The molecule has 19 heavy (non-hydrogen) atoms. The lowest BCUT2D eigenvalue weighted by Gasteiger charge is -2.28. The van der Waals surface area contributed by atoms with Gasteiger partial charge >= 0.3 is 0 Å². The third kappa shape index (κ3) is 3.22. The lowest BCUT2D eigenvalue weighted by Crippen LogP contribution is -2.26. The fourth-order valence-electron chi connectivity index (χ4n) is 2.83. The molecule has 0 aliphatic heterocycles. The molecule has 0 spiro atoms. The molecule has 0 bridgehead atoms. The Labute approximate surface area is 113 Å². The van der Waals surface area contributed by atoms with Crippen molar-refractivity contribution in [1.82, 2.24) is 0 Å². The monoisotopic (exact) mass is 282 g/mol. The molecule has 0 heterocycles. The molecule has 0 amide bonds. The van der Waals surface area contributed by atoms with Crippen LogP contribution in [0.3, 0.4) is 0 Å². The van der Waals surface area contributed by atoms with Gasteiger partial charge < -0.3 is 0 Å². The van der Waals surface area contributed by atoms with E-state index in [1.54, 1.807) is 12.1 Å². The minimum atomic E-state index is -4.17. The smallest absolute Gasteiger partial charge is 0.272 e. The standard InChI is InChI=1S/C14H18O4S/c1-10-4-2-3-5-13(10)14(19(16,17)18)11-6-8-12(15)9-7-11/h2-5,11,14H,6-9H2,1H3,(H,16,17,18). The lowest BCUT2D eigenvalue weighted by molar-refractivity contribution is -0.121. The Morgan fingerprint density at radius 3 is 2.32 bits per heavy atom. The summed E-state index contributed by atoms with van der Waals surface area (Å²) in [6.45, 7) is 1.83. The summed E-state index contributed by atoms with van der Waals surface area (Å²) >= 11 is 0. The van der Waals surface area contributed by atoms with Crippen LogP contribution in [0, 0.1) is 12.8 Å². The van der Waals surface area contributed by atoms with Crippen LogP contribution in [0.1, 0.15) is 42.1 Å². The Balaban J connectivity index is 2.38. The van der Waals surface area contributed by atoms with Crippen LogP contribution in [-0.4, -0.2) is 18.8 Å². The first-order valence-electron chi connectivity index (χ1n) is 6.43. The number of hydrogen-bond acceptors (Lipinski definition) is 3. The topological polar surface area (TPSA) is 71.4 Å². The molecule has 1 aromatic carbocycles. The first kappa shape index (κ1) is 14.2. The van der Waals surface area contributed by atoms with Crippen molar-refractivity contribution in [3.05, 3.63) is 35.4 Å². The molecule has 1 aromatic rings. The van der Waals surface area contributed by atoms with Gasteiger partial charge in [0.2, 0.25) is 0 Å². The summed E-state index contributed by atoms with van der Waals surface area (Å²) in [5, 5.41) is -0.915. The summed E-state index contributed by atoms with van der Waals surface area (Å²) in [4.78, 5) is 11.3. The second kappa shape index (κ2) is 5.43. The van der Waals surface area contributed by atoms with E-state index in [1.165, 1.54) is 0 Å². The molecule has 1 aliphatic rings. The van der Waals surface area contributed by atoms with E-state index in [2.05, 4.69) is 0 Å². The predicted octanol–water partition coefficient (Wildman–Crippen LogP) is 2.68. The molecule has 1 unspecified atom stereocenters. The molecule has 1 atom stereocenters. The molecular formula is C14H18O4S. The average molecular weight is 282 g/mol. The minimum absolute atomic E-state index is 0.176. The van der Waals surface area contributed by atoms with E-state index >= 15 is 0 Å². The van der Waals surface area contributed by atoms with Crippen LogP contribution >= 0.6 is 0 Å². The van der Waals surface area contributed by atoms with Crippen LogP contribution in [0.15, 0.2) is 24.3 Å². The number of Topliss-reactive ketones (excluding diaryl/α,β-unsaturated/α-hetero) is 1. The van der Waals surface area contributed by atoms with Crippen molar-refractivity contribution in [3.63, 3.8) is 0 Å². The molecule has 1 N–H and O–H groups in total. The first-order chi connectivity index (χ1) is 8.89. The van der Waals surface area contributed by atoms with Gasteiger partial charge in [-0.25, -0.2) is 0 Å². The molecule has 1 saturated carbocycles. The quantitative estimate of drug-likeness (QED) is 0.865. The Kier molecular flexibility index (Phi) is 4.06. The van der Waals surface area contributed by atoms with E-state index in [9.17, 15) is 17.8 Å². The zero-order valence-corrected chi connectivity index (χ0v) is 11.7. The van der Waals surface area contributed by atoms with Crippen LogP contribution in [0.4, 0.5) is 0 Å². The van der Waals surface area contributed by atoms with Gasteiger partial charge in [-0.15, -0.1) is 0 Å². The normalized spacial score (nSPS) is 19.4. The van der Waals surface area contributed by atoms with Crippen molar-refractivity contribution < 1.29 is 17.8 Å². The van der Waals surface area contributed by atoms with Crippen molar-refractivity contribution in [3.8, 4) is 0 Å². The van der Waals surface area contributed by atoms with E-state index in [1.807, 2.05) is 19.1 Å². The number of carbonyl (C=O) groups is 1. The van der Waals surface area contributed by atoms with Crippen molar-refractivity contribution in [2.45, 2.75) is 37.9 Å². The van der Waals surface area contributed by atoms with Crippen LogP contribution in [0.25, 0.3) is 0 Å². The number of aryl methyl sites for hydroxylation is 1. The zero-order chi connectivity index (χ0) is 14.0. The maximum Gasteiger partial charge on any atom is 0.272 e. The number of carbonyl (C=O) groups excluding carboxylic acids is 1. The summed E-state index contributed by atoms with van der Waals surface area (Å²) in [5.74, 6) is -0.0103. The maximum atomic E-state index is 11.7. The summed E-state index contributed by atoms with van der Waals surface area (Å²) in [6, 6.07) is 7.18. The third-order valence-corrected chi connectivity index (χ3v) is 5.11. The Morgan fingerprint density at radius 1 is 1.21 bits per heavy atom. The van der Waals surface area contributed by atoms with E-state index in [4.69, 9.17) is 0 Å². The summed E-state index contributed by atoms with van der Waals surface area (Å²) in [6.07, 6.45) is 1.86. The van der Waals surface area contributed by atoms with Gasteiger partial charge in [-0.05, 0) is 36.8 Å². The van der Waals surface area contributed by atoms with Gasteiger partial charge in [0, 0.05) is 12.8 Å². The second-order valence-corrected chi connectivity index (χ2v) is 6.71. The largest absolute Gasteiger partial charge is 0.300 e. The zero-order valence-electron chi connectivity index (χ0n) is 10.9. The predicted molar refractivity (Wildman–Crippen MR) is 72.4 cm³/mol. The van der Waals surface area contributed by atoms with E-state index in [0.29, 0.717) is 31.2 Å². The summed E-state index contributed by atoms with van der Waals surface area (Å²) < 4.78 is 33.0. The highest BCUT2D eigenvalue weighted by molar-refractivity contribution is 7.86. The lowest BCUT2D eigenvalue weighted by atomic mass is 9.83. The molecular weight excluding hydrogens is 264 g/mol. The van der Waals surface area contributed by atoms with Crippen LogP contribution in [-0.2, 0) is 14.9 Å².